The molecule has 0 saturated heterocycles. The first-order chi connectivity index (χ1) is 11.2. The summed E-state index contributed by atoms with van der Waals surface area (Å²) in [4.78, 5) is 17.6. The number of benzene rings is 1. The van der Waals surface area contributed by atoms with Crippen LogP contribution in [0.1, 0.15) is 18.1 Å². The third kappa shape index (κ3) is 2.32. The molecule has 0 unspecified atom stereocenters. The van der Waals surface area contributed by atoms with Gasteiger partial charge in [-0.3, -0.25) is 4.90 Å². The number of nitrogens with one attached hydrogen (secondary N) is 3. The summed E-state index contributed by atoms with van der Waals surface area (Å²) in [6.07, 6.45) is 5.40. The summed E-state index contributed by atoms with van der Waals surface area (Å²) in [7, 11) is 2.14. The lowest BCUT2D eigenvalue weighted by atomic mass is 9.81. The van der Waals surface area contributed by atoms with Crippen LogP contribution in [0.25, 0.3) is 16.5 Å². The largest absolute Gasteiger partial charge is 0.361 e. The van der Waals surface area contributed by atoms with Gasteiger partial charge in [0.1, 0.15) is 0 Å². The zero-order valence-electron chi connectivity index (χ0n) is 13.5. The van der Waals surface area contributed by atoms with E-state index >= 15 is 0 Å². The molecule has 5 heteroatoms. The highest BCUT2D eigenvalue weighted by Crippen LogP contribution is 2.39. The lowest BCUT2D eigenvalue weighted by Crippen LogP contribution is -2.52. The topological polar surface area (TPSA) is 60.2 Å². The van der Waals surface area contributed by atoms with Gasteiger partial charge in [0.2, 0.25) is 0 Å². The molecule has 120 valence electrons. The Morgan fingerprint density at radius 1 is 1.43 bits per heavy atom. The number of aromatic nitrogens is 1. The molecule has 2 atom stereocenters. The lowest BCUT2D eigenvalue weighted by Gasteiger charge is -2.40. The van der Waals surface area contributed by atoms with E-state index in [4.69, 9.17) is 0 Å². The third-order valence-corrected chi connectivity index (χ3v) is 4.92. The molecule has 1 aliphatic carbocycles. The molecule has 0 saturated carbocycles. The Morgan fingerprint density at radius 2 is 2.30 bits per heavy atom. The summed E-state index contributed by atoms with van der Waals surface area (Å²) < 4.78 is 0. The van der Waals surface area contributed by atoms with Gasteiger partial charge in [0.15, 0.2) is 0 Å². The van der Waals surface area contributed by atoms with Crippen molar-refractivity contribution in [3.8, 4) is 0 Å². The van der Waals surface area contributed by atoms with Gasteiger partial charge in [0.05, 0.1) is 6.04 Å². The monoisotopic (exact) mass is 310 g/mol. The van der Waals surface area contributed by atoms with Gasteiger partial charge >= 0.3 is 6.03 Å². The van der Waals surface area contributed by atoms with Crippen LogP contribution in [0.2, 0.25) is 0 Å². The zero-order valence-corrected chi connectivity index (χ0v) is 13.5. The van der Waals surface area contributed by atoms with Gasteiger partial charge in [-0.2, -0.15) is 0 Å². The number of urea groups is 1. The van der Waals surface area contributed by atoms with Crippen molar-refractivity contribution in [3.05, 3.63) is 41.6 Å². The zero-order chi connectivity index (χ0) is 16.0. The van der Waals surface area contributed by atoms with E-state index in [1.165, 1.54) is 27.6 Å². The van der Waals surface area contributed by atoms with E-state index in [2.05, 4.69) is 58.0 Å². The molecule has 1 aromatic heterocycles. The van der Waals surface area contributed by atoms with Crippen LogP contribution >= 0.6 is 0 Å². The molecule has 2 amide bonds. The standard InChI is InChI=1S/C18H22N4O/c1-3-19-18(23)21-12-8-14-13-5-4-6-15-17(13)11(9-20-15)7-16(14)22(2)10-12/h4-6,8-9,12,16,20H,3,7,10H2,1-2H3,(H2,19,21,23)/t12-,16+/m0/s1. The Morgan fingerprint density at radius 3 is 3.13 bits per heavy atom. The summed E-state index contributed by atoms with van der Waals surface area (Å²) in [6.45, 7) is 3.40. The Balaban J connectivity index is 1.74. The minimum atomic E-state index is -0.0995. The molecule has 23 heavy (non-hydrogen) atoms. The highest BCUT2D eigenvalue weighted by atomic mass is 16.2. The number of rotatable bonds is 2. The van der Waals surface area contributed by atoms with Crippen molar-refractivity contribution in [1.82, 2.24) is 20.5 Å². The maximum absolute atomic E-state index is 11.9. The van der Waals surface area contributed by atoms with Gasteiger partial charge in [0.25, 0.3) is 0 Å². The summed E-state index contributed by atoms with van der Waals surface area (Å²) in [6, 6.07) is 6.74. The number of hydrogen-bond acceptors (Lipinski definition) is 2. The highest BCUT2D eigenvalue weighted by molar-refractivity contribution is 5.98. The molecule has 3 N–H and O–H groups in total. The quantitative estimate of drug-likeness (QED) is 0.795. The highest BCUT2D eigenvalue weighted by Gasteiger charge is 2.33. The summed E-state index contributed by atoms with van der Waals surface area (Å²) in [5.74, 6) is 0. The molecular formula is C18H22N4O. The molecular weight excluding hydrogens is 288 g/mol. The fraction of sp³-hybridized carbons (Fsp3) is 0.389. The van der Waals surface area contributed by atoms with Crippen molar-refractivity contribution < 1.29 is 4.79 Å². The Kier molecular flexibility index (Phi) is 3.38. The van der Waals surface area contributed by atoms with E-state index in [0.29, 0.717) is 12.6 Å². The van der Waals surface area contributed by atoms with Gasteiger partial charge in [-0.05, 0) is 43.2 Å². The Labute approximate surface area is 135 Å². The molecule has 0 radical (unpaired) electrons. The molecule has 1 aromatic carbocycles. The number of aromatic amines is 1. The third-order valence-electron chi connectivity index (χ3n) is 4.92. The van der Waals surface area contributed by atoms with Crippen LogP contribution in [0.5, 0.6) is 0 Å². The molecule has 5 nitrogen and oxygen atoms in total. The minimum absolute atomic E-state index is 0.0357. The fourth-order valence-electron chi connectivity index (χ4n) is 3.92. The normalized spacial score (nSPS) is 23.3. The van der Waals surface area contributed by atoms with Crippen LogP contribution in [0.15, 0.2) is 30.5 Å². The Bertz CT molecular complexity index is 791. The van der Waals surface area contributed by atoms with Crippen molar-refractivity contribution in [3.63, 3.8) is 0 Å². The van der Waals surface area contributed by atoms with Crippen molar-refractivity contribution in [2.24, 2.45) is 0 Å². The average molecular weight is 310 g/mol. The first-order valence-electron chi connectivity index (χ1n) is 8.23. The first-order valence-corrected chi connectivity index (χ1v) is 8.23. The second-order valence-electron chi connectivity index (χ2n) is 6.43. The molecule has 0 fully saturated rings. The summed E-state index contributed by atoms with van der Waals surface area (Å²) >= 11 is 0. The summed E-state index contributed by atoms with van der Waals surface area (Å²) in [5, 5.41) is 7.20. The second kappa shape index (κ2) is 5.42. The van der Waals surface area contributed by atoms with Gasteiger partial charge < -0.3 is 15.6 Å². The van der Waals surface area contributed by atoms with E-state index in [9.17, 15) is 4.79 Å². The number of hydrogen-bond donors (Lipinski definition) is 3. The number of amides is 2. The van der Waals surface area contributed by atoms with Gasteiger partial charge in [-0.1, -0.05) is 18.2 Å². The number of likely N-dealkylation sites (N-methyl/N-ethyl adjacent to an activating group) is 1. The van der Waals surface area contributed by atoms with E-state index in [0.717, 1.165) is 13.0 Å². The fourth-order valence-corrected chi connectivity index (χ4v) is 3.92. The number of carbonyl (C=O) groups excluding carboxylic acids is 1. The van der Waals surface area contributed by atoms with Gasteiger partial charge in [0, 0.05) is 36.2 Å². The van der Waals surface area contributed by atoms with Crippen LogP contribution in [-0.2, 0) is 6.42 Å². The molecule has 0 spiro atoms. The number of carbonyl (C=O) groups is 1. The smallest absolute Gasteiger partial charge is 0.315 e. The Hall–Kier alpha value is -2.27. The van der Waals surface area contributed by atoms with E-state index in [1.807, 2.05) is 6.92 Å². The van der Waals surface area contributed by atoms with Crippen LogP contribution in [0.4, 0.5) is 4.79 Å². The van der Waals surface area contributed by atoms with E-state index < -0.39 is 0 Å². The van der Waals surface area contributed by atoms with Crippen molar-refractivity contribution in [1.29, 1.82) is 0 Å². The molecule has 0 bridgehead atoms. The SMILES string of the molecule is CCNC(=O)N[C@H]1C=C2c3cccc4[nH]cc(c34)C[C@H]2N(C)C1. The lowest BCUT2D eigenvalue weighted by molar-refractivity contribution is 0.226. The number of H-pyrrole nitrogens is 1. The molecule has 2 aromatic rings. The molecule has 1 aliphatic heterocycles. The first kappa shape index (κ1) is 14.3. The van der Waals surface area contributed by atoms with Crippen LogP contribution < -0.4 is 10.6 Å². The summed E-state index contributed by atoms with van der Waals surface area (Å²) in [5.41, 5.74) is 5.21. The van der Waals surface area contributed by atoms with E-state index in [-0.39, 0.29) is 12.1 Å². The van der Waals surface area contributed by atoms with Crippen molar-refractivity contribution >= 4 is 22.5 Å². The predicted octanol–water partition coefficient (Wildman–Crippen LogP) is 2.11. The molecule has 2 heterocycles. The number of nitrogens with zero attached hydrogens (tertiary/aromatic N) is 1. The molecule has 4 rings (SSSR count). The van der Waals surface area contributed by atoms with Crippen LogP contribution in [-0.4, -0.2) is 48.1 Å². The minimum Gasteiger partial charge on any atom is -0.361 e. The average Bonchev–Trinajstić information content (AvgIpc) is 2.93. The molecule has 2 aliphatic rings. The maximum atomic E-state index is 11.9. The van der Waals surface area contributed by atoms with E-state index in [1.54, 1.807) is 0 Å². The van der Waals surface area contributed by atoms with Gasteiger partial charge in [-0.15, -0.1) is 0 Å². The predicted molar refractivity (Wildman–Crippen MR) is 92.4 cm³/mol. The van der Waals surface area contributed by atoms with Crippen LogP contribution in [0, 0.1) is 0 Å². The van der Waals surface area contributed by atoms with Crippen molar-refractivity contribution in [2.45, 2.75) is 25.4 Å². The van der Waals surface area contributed by atoms with Crippen molar-refractivity contribution in [2.75, 3.05) is 20.1 Å². The number of fused-ring (bicyclic) bond motifs is 2. The second-order valence-corrected chi connectivity index (χ2v) is 6.43. The van der Waals surface area contributed by atoms with Crippen LogP contribution in [0.3, 0.4) is 0 Å². The maximum Gasteiger partial charge on any atom is 0.315 e. The van der Waals surface area contributed by atoms with Gasteiger partial charge in [-0.25, -0.2) is 4.79 Å².